The summed E-state index contributed by atoms with van der Waals surface area (Å²) in [6.07, 6.45) is -0.630. The maximum Gasteiger partial charge on any atom is 0.188 e. The van der Waals surface area contributed by atoms with Crippen molar-refractivity contribution < 1.29 is 19.3 Å². The van der Waals surface area contributed by atoms with E-state index in [1.165, 1.54) is 0 Å². The van der Waals surface area contributed by atoms with Gasteiger partial charge in [0.1, 0.15) is 11.9 Å². The highest BCUT2D eigenvalue weighted by Crippen LogP contribution is 2.32. The van der Waals surface area contributed by atoms with Crippen molar-refractivity contribution in [3.05, 3.63) is 65.7 Å². The van der Waals surface area contributed by atoms with Crippen molar-refractivity contribution in [1.82, 2.24) is 0 Å². The lowest BCUT2D eigenvalue weighted by Crippen LogP contribution is -2.17. The van der Waals surface area contributed by atoms with Crippen molar-refractivity contribution in [2.75, 3.05) is 13.2 Å². The Kier molecular flexibility index (Phi) is 4.50. The summed E-state index contributed by atoms with van der Waals surface area (Å²) in [5.41, 5.74) is 1.79. The molecule has 21 heavy (non-hydrogen) atoms. The molecular formula is C17H18O4. The molecule has 1 N–H and O–H groups in total. The van der Waals surface area contributed by atoms with Crippen LogP contribution in [0, 0.1) is 0 Å². The molecule has 1 fully saturated rings. The Morgan fingerprint density at radius 3 is 2.62 bits per heavy atom. The average molecular weight is 286 g/mol. The van der Waals surface area contributed by atoms with Gasteiger partial charge in [0.25, 0.3) is 0 Å². The van der Waals surface area contributed by atoms with Gasteiger partial charge in [0.15, 0.2) is 6.29 Å². The van der Waals surface area contributed by atoms with Crippen molar-refractivity contribution in [3.8, 4) is 5.75 Å². The van der Waals surface area contributed by atoms with Gasteiger partial charge in [-0.05, 0) is 11.6 Å². The largest absolute Gasteiger partial charge is 0.507 e. The minimum absolute atomic E-state index is 0.113. The summed E-state index contributed by atoms with van der Waals surface area (Å²) in [5.74, 6) is 0.188. The van der Waals surface area contributed by atoms with Crippen molar-refractivity contribution in [2.45, 2.75) is 19.0 Å². The highest BCUT2D eigenvalue weighted by Gasteiger charge is 2.29. The number of rotatable bonds is 5. The third-order valence-electron chi connectivity index (χ3n) is 3.36. The summed E-state index contributed by atoms with van der Waals surface area (Å²) in [5, 5.41) is 9.79. The third kappa shape index (κ3) is 3.61. The van der Waals surface area contributed by atoms with Crippen molar-refractivity contribution in [1.29, 1.82) is 0 Å². The van der Waals surface area contributed by atoms with Crippen LogP contribution >= 0.6 is 0 Å². The molecule has 2 atom stereocenters. The second-order valence-electron chi connectivity index (χ2n) is 4.98. The number of phenolic OH excluding ortho intramolecular Hbond substituents is 1. The van der Waals surface area contributed by atoms with Crippen LogP contribution in [0.3, 0.4) is 0 Å². The number of para-hydroxylation sites is 1. The maximum absolute atomic E-state index is 9.79. The van der Waals surface area contributed by atoms with Crippen LogP contribution in [0.4, 0.5) is 0 Å². The third-order valence-corrected chi connectivity index (χ3v) is 3.36. The van der Waals surface area contributed by atoms with Crippen LogP contribution in [0.25, 0.3) is 0 Å². The van der Waals surface area contributed by atoms with E-state index in [4.69, 9.17) is 14.2 Å². The molecule has 1 heterocycles. The Balaban J connectivity index is 1.48. The molecule has 0 radical (unpaired) electrons. The number of benzene rings is 2. The van der Waals surface area contributed by atoms with E-state index in [-0.39, 0.29) is 11.9 Å². The summed E-state index contributed by atoms with van der Waals surface area (Å²) in [6, 6.07) is 17.1. The van der Waals surface area contributed by atoms with Crippen LogP contribution in [0.5, 0.6) is 5.75 Å². The zero-order chi connectivity index (χ0) is 14.5. The molecular weight excluding hydrogens is 268 g/mol. The SMILES string of the molecule is Oc1ccccc1C1OCC(COCc2ccccc2)O1. The number of hydrogen-bond acceptors (Lipinski definition) is 4. The van der Waals surface area contributed by atoms with Gasteiger partial charge in [0, 0.05) is 5.56 Å². The molecule has 3 rings (SSSR count). The fourth-order valence-corrected chi connectivity index (χ4v) is 2.27. The molecule has 1 aliphatic rings. The van der Waals surface area contributed by atoms with Gasteiger partial charge in [-0.15, -0.1) is 0 Å². The fourth-order valence-electron chi connectivity index (χ4n) is 2.27. The quantitative estimate of drug-likeness (QED) is 0.918. The first-order valence-corrected chi connectivity index (χ1v) is 6.99. The van der Waals surface area contributed by atoms with Gasteiger partial charge in [-0.25, -0.2) is 0 Å². The Labute approximate surface area is 123 Å². The minimum Gasteiger partial charge on any atom is -0.507 e. The monoisotopic (exact) mass is 286 g/mol. The molecule has 0 spiro atoms. The first-order chi connectivity index (χ1) is 10.3. The minimum atomic E-state index is -0.517. The summed E-state index contributed by atoms with van der Waals surface area (Å²) in [7, 11) is 0. The van der Waals surface area contributed by atoms with Crippen LogP contribution in [0.15, 0.2) is 54.6 Å². The predicted molar refractivity (Wildman–Crippen MR) is 77.8 cm³/mol. The molecule has 0 amide bonds. The molecule has 0 bridgehead atoms. The second-order valence-corrected chi connectivity index (χ2v) is 4.98. The highest BCUT2D eigenvalue weighted by atomic mass is 16.7. The molecule has 4 heteroatoms. The van der Waals surface area contributed by atoms with Crippen molar-refractivity contribution >= 4 is 0 Å². The maximum atomic E-state index is 9.79. The van der Waals surface area contributed by atoms with Crippen molar-refractivity contribution in [3.63, 3.8) is 0 Å². The smallest absolute Gasteiger partial charge is 0.188 e. The molecule has 0 aromatic heterocycles. The first-order valence-electron chi connectivity index (χ1n) is 6.99. The molecule has 2 aromatic rings. The van der Waals surface area contributed by atoms with E-state index in [2.05, 4.69) is 0 Å². The molecule has 2 unspecified atom stereocenters. The van der Waals surface area contributed by atoms with Gasteiger partial charge >= 0.3 is 0 Å². The van der Waals surface area contributed by atoms with Crippen LogP contribution in [0.1, 0.15) is 17.4 Å². The van der Waals surface area contributed by atoms with Gasteiger partial charge in [0.05, 0.1) is 19.8 Å². The Morgan fingerprint density at radius 1 is 1.05 bits per heavy atom. The molecule has 2 aromatic carbocycles. The number of phenols is 1. The van der Waals surface area contributed by atoms with E-state index in [1.807, 2.05) is 36.4 Å². The molecule has 0 aliphatic carbocycles. The topological polar surface area (TPSA) is 47.9 Å². The normalized spacial score (nSPS) is 21.5. The molecule has 0 saturated carbocycles. The van der Waals surface area contributed by atoms with E-state index >= 15 is 0 Å². The lowest BCUT2D eigenvalue weighted by molar-refractivity contribution is -0.0761. The Hall–Kier alpha value is -1.88. The summed E-state index contributed by atoms with van der Waals surface area (Å²) < 4.78 is 17.0. The number of ether oxygens (including phenoxy) is 3. The summed E-state index contributed by atoms with van der Waals surface area (Å²) in [6.45, 7) is 1.49. The van der Waals surface area contributed by atoms with Gasteiger partial charge in [-0.2, -0.15) is 0 Å². The van der Waals surface area contributed by atoms with E-state index < -0.39 is 6.29 Å². The first kappa shape index (κ1) is 14.1. The predicted octanol–water partition coefficient (Wildman–Crippen LogP) is 3.02. The molecule has 1 saturated heterocycles. The van der Waals surface area contributed by atoms with E-state index in [9.17, 15) is 5.11 Å². The van der Waals surface area contributed by atoms with Gasteiger partial charge in [0.2, 0.25) is 0 Å². The van der Waals surface area contributed by atoms with Gasteiger partial charge in [-0.1, -0.05) is 48.5 Å². The highest BCUT2D eigenvalue weighted by molar-refractivity contribution is 5.33. The van der Waals surface area contributed by atoms with Gasteiger partial charge < -0.3 is 19.3 Å². The van der Waals surface area contributed by atoms with Crippen LogP contribution in [0.2, 0.25) is 0 Å². The molecule has 1 aliphatic heterocycles. The lowest BCUT2D eigenvalue weighted by Gasteiger charge is -2.13. The fraction of sp³-hybridized carbons (Fsp3) is 0.294. The van der Waals surface area contributed by atoms with E-state index in [0.717, 1.165) is 5.56 Å². The zero-order valence-corrected chi connectivity index (χ0v) is 11.6. The Morgan fingerprint density at radius 2 is 1.81 bits per heavy atom. The Bertz CT molecular complexity index is 570. The van der Waals surface area contributed by atoms with E-state index in [1.54, 1.807) is 18.2 Å². The number of hydrogen-bond donors (Lipinski definition) is 1. The second kappa shape index (κ2) is 6.72. The van der Waals surface area contributed by atoms with Crippen LogP contribution < -0.4 is 0 Å². The lowest BCUT2D eigenvalue weighted by atomic mass is 10.2. The zero-order valence-electron chi connectivity index (χ0n) is 11.6. The van der Waals surface area contributed by atoms with Crippen LogP contribution in [-0.4, -0.2) is 24.4 Å². The molecule has 110 valence electrons. The average Bonchev–Trinajstić information content (AvgIpc) is 2.97. The standard InChI is InChI=1S/C17H18O4/c18-16-9-5-4-8-15(16)17-20-12-14(21-17)11-19-10-13-6-2-1-3-7-13/h1-9,14,17-18H,10-12H2. The summed E-state index contributed by atoms with van der Waals surface area (Å²) >= 11 is 0. The van der Waals surface area contributed by atoms with Crippen LogP contribution in [-0.2, 0) is 20.8 Å². The van der Waals surface area contributed by atoms with Gasteiger partial charge in [-0.3, -0.25) is 0 Å². The number of aromatic hydroxyl groups is 1. The van der Waals surface area contributed by atoms with Crippen molar-refractivity contribution in [2.24, 2.45) is 0 Å². The van der Waals surface area contributed by atoms with E-state index in [0.29, 0.717) is 25.4 Å². The molecule has 4 nitrogen and oxygen atoms in total. The summed E-state index contributed by atoms with van der Waals surface area (Å²) in [4.78, 5) is 0.